The van der Waals surface area contributed by atoms with Gasteiger partial charge in [-0.3, -0.25) is 9.69 Å². The van der Waals surface area contributed by atoms with E-state index in [1.807, 2.05) is 54.6 Å². The third kappa shape index (κ3) is 3.76. The second kappa shape index (κ2) is 8.09. The topological polar surface area (TPSA) is 71.5 Å². The zero-order valence-corrected chi connectivity index (χ0v) is 16.6. The monoisotopic (exact) mass is 409 g/mol. The minimum absolute atomic E-state index is 0.157. The van der Waals surface area contributed by atoms with Crippen LogP contribution in [-0.2, 0) is 9.53 Å². The van der Waals surface area contributed by atoms with Crippen LogP contribution in [-0.4, -0.2) is 36.7 Å². The lowest BCUT2D eigenvalue weighted by Crippen LogP contribution is -2.39. The number of hydrogen-bond donors (Lipinski definition) is 1. The van der Waals surface area contributed by atoms with Crippen LogP contribution >= 0.6 is 11.6 Å². The molecule has 1 fully saturated rings. The third-order valence-corrected chi connectivity index (χ3v) is 5.60. The maximum Gasteiger partial charge on any atom is 0.322 e. The Morgan fingerprint density at radius 1 is 1.28 bits per heavy atom. The number of carbonyl (C=O) groups is 2. The Balaban J connectivity index is 1.77. The first-order valence-electron chi connectivity index (χ1n) is 9.31. The SMILES string of the molecule is COC(=O)CC(c1ccc2c(Cl)nccc2c1)C1CNC(=O)N1c1ccccc1. The largest absolute Gasteiger partial charge is 0.469 e. The van der Waals surface area contributed by atoms with Crippen molar-refractivity contribution in [2.24, 2.45) is 0 Å². The lowest BCUT2D eigenvalue weighted by Gasteiger charge is -2.30. The normalized spacial score (nSPS) is 17.2. The number of ether oxygens (including phenoxy) is 1. The van der Waals surface area contributed by atoms with Gasteiger partial charge >= 0.3 is 12.0 Å². The van der Waals surface area contributed by atoms with E-state index in [1.165, 1.54) is 7.11 Å². The zero-order chi connectivity index (χ0) is 20.4. The van der Waals surface area contributed by atoms with Crippen LogP contribution in [0.4, 0.5) is 10.5 Å². The van der Waals surface area contributed by atoms with Crippen LogP contribution in [0.5, 0.6) is 0 Å². The highest BCUT2D eigenvalue weighted by Gasteiger charge is 2.39. The molecule has 6 nitrogen and oxygen atoms in total. The molecule has 0 aliphatic carbocycles. The number of amides is 2. The molecule has 1 aliphatic heterocycles. The first-order valence-corrected chi connectivity index (χ1v) is 9.69. The number of carbonyl (C=O) groups excluding carboxylic acids is 2. The van der Waals surface area contributed by atoms with Crippen molar-refractivity contribution in [3.63, 3.8) is 0 Å². The molecule has 2 aromatic carbocycles. The fourth-order valence-corrected chi connectivity index (χ4v) is 4.10. The maximum atomic E-state index is 12.6. The summed E-state index contributed by atoms with van der Waals surface area (Å²) in [6.07, 6.45) is 1.81. The van der Waals surface area contributed by atoms with Gasteiger partial charge in [-0.1, -0.05) is 48.0 Å². The fourth-order valence-electron chi connectivity index (χ4n) is 3.87. The van der Waals surface area contributed by atoms with E-state index < -0.39 is 0 Å². The highest BCUT2D eigenvalue weighted by Crippen LogP contribution is 2.35. The molecule has 29 heavy (non-hydrogen) atoms. The Morgan fingerprint density at radius 3 is 2.83 bits per heavy atom. The van der Waals surface area contributed by atoms with Crippen LogP contribution in [0, 0.1) is 0 Å². The van der Waals surface area contributed by atoms with E-state index in [2.05, 4.69) is 10.3 Å². The number of anilines is 1. The van der Waals surface area contributed by atoms with E-state index >= 15 is 0 Å². The van der Waals surface area contributed by atoms with Crippen molar-refractivity contribution < 1.29 is 14.3 Å². The average Bonchev–Trinajstić information content (AvgIpc) is 3.13. The lowest BCUT2D eigenvalue weighted by molar-refractivity contribution is -0.141. The molecule has 1 N–H and O–H groups in total. The molecule has 2 amide bonds. The number of benzene rings is 2. The molecule has 3 aromatic rings. The van der Waals surface area contributed by atoms with Crippen molar-refractivity contribution in [2.45, 2.75) is 18.4 Å². The second-order valence-electron chi connectivity index (χ2n) is 6.93. The van der Waals surface area contributed by atoms with Gasteiger partial charge in [-0.05, 0) is 29.1 Å². The molecule has 4 rings (SSSR count). The van der Waals surface area contributed by atoms with Crippen molar-refractivity contribution >= 4 is 40.1 Å². The summed E-state index contributed by atoms with van der Waals surface area (Å²) in [4.78, 5) is 30.7. The van der Waals surface area contributed by atoms with Gasteiger partial charge in [-0.2, -0.15) is 0 Å². The second-order valence-corrected chi connectivity index (χ2v) is 7.29. The van der Waals surface area contributed by atoms with Crippen LogP contribution in [0.3, 0.4) is 0 Å². The van der Waals surface area contributed by atoms with Gasteiger partial charge < -0.3 is 10.1 Å². The smallest absolute Gasteiger partial charge is 0.322 e. The molecule has 2 unspecified atom stereocenters. The number of esters is 1. The number of halogens is 1. The highest BCUT2D eigenvalue weighted by molar-refractivity contribution is 6.34. The van der Waals surface area contributed by atoms with E-state index in [4.69, 9.17) is 16.3 Å². The predicted molar refractivity (Wildman–Crippen MR) is 112 cm³/mol. The molecular weight excluding hydrogens is 390 g/mol. The van der Waals surface area contributed by atoms with Crippen molar-refractivity contribution in [1.82, 2.24) is 10.3 Å². The number of aromatic nitrogens is 1. The van der Waals surface area contributed by atoms with Crippen LogP contribution in [0.15, 0.2) is 60.8 Å². The molecular formula is C22H20ClN3O3. The molecule has 1 saturated heterocycles. The standard InChI is InChI=1S/C22H20ClN3O3/c1-29-20(27)12-18(14-7-8-17-15(11-14)9-10-24-21(17)23)19-13-25-22(28)26(19)16-5-3-2-4-6-16/h2-11,18-19H,12-13H2,1H3,(H,25,28). The molecule has 2 heterocycles. The first-order chi connectivity index (χ1) is 14.1. The van der Waals surface area contributed by atoms with Gasteiger partial charge in [-0.15, -0.1) is 0 Å². The van der Waals surface area contributed by atoms with Crippen LogP contribution in [0.1, 0.15) is 17.9 Å². The maximum absolute atomic E-state index is 12.6. The number of fused-ring (bicyclic) bond motifs is 1. The Bertz CT molecular complexity index is 1060. The summed E-state index contributed by atoms with van der Waals surface area (Å²) in [5.74, 6) is -0.576. The molecule has 1 aliphatic rings. The Labute approximate surface area is 173 Å². The molecule has 148 valence electrons. The molecule has 2 atom stereocenters. The number of para-hydroxylation sites is 1. The van der Waals surface area contributed by atoms with E-state index in [9.17, 15) is 9.59 Å². The number of hydrogen-bond acceptors (Lipinski definition) is 4. The summed E-state index contributed by atoms with van der Waals surface area (Å²) in [6, 6.07) is 16.8. The summed E-state index contributed by atoms with van der Waals surface area (Å²) in [7, 11) is 1.37. The molecule has 1 aromatic heterocycles. The van der Waals surface area contributed by atoms with E-state index in [0.29, 0.717) is 11.7 Å². The molecule has 0 radical (unpaired) electrons. The summed E-state index contributed by atoms with van der Waals surface area (Å²) in [6.45, 7) is 0.435. The predicted octanol–water partition coefficient (Wildman–Crippen LogP) is 4.13. The number of nitrogens with one attached hydrogen (secondary N) is 1. The number of pyridine rings is 1. The highest BCUT2D eigenvalue weighted by atomic mass is 35.5. The van der Waals surface area contributed by atoms with Crippen molar-refractivity contribution in [3.05, 3.63) is 71.5 Å². The van der Waals surface area contributed by atoms with Gasteiger partial charge in [0, 0.05) is 29.7 Å². The number of methoxy groups -OCH3 is 1. The molecule has 7 heteroatoms. The quantitative estimate of drug-likeness (QED) is 0.508. The van der Waals surface area contributed by atoms with Gasteiger partial charge in [0.25, 0.3) is 0 Å². The Hall–Kier alpha value is -3.12. The fraction of sp³-hybridized carbons (Fsp3) is 0.227. The molecule has 0 spiro atoms. The minimum atomic E-state index is -0.324. The minimum Gasteiger partial charge on any atom is -0.469 e. The van der Waals surface area contributed by atoms with Gasteiger partial charge in [0.2, 0.25) is 0 Å². The first kappa shape index (κ1) is 19.2. The Kier molecular flexibility index (Phi) is 5.36. The summed E-state index contributed by atoms with van der Waals surface area (Å²) in [5, 5.41) is 5.12. The van der Waals surface area contributed by atoms with E-state index in [1.54, 1.807) is 11.1 Å². The van der Waals surface area contributed by atoms with E-state index in [-0.39, 0.29) is 30.4 Å². The average molecular weight is 410 g/mol. The molecule has 0 bridgehead atoms. The summed E-state index contributed by atoms with van der Waals surface area (Å²) >= 11 is 6.20. The van der Waals surface area contributed by atoms with Crippen LogP contribution < -0.4 is 10.2 Å². The number of urea groups is 1. The molecule has 0 saturated carbocycles. The zero-order valence-electron chi connectivity index (χ0n) is 15.8. The van der Waals surface area contributed by atoms with Gasteiger partial charge in [0.05, 0.1) is 19.6 Å². The van der Waals surface area contributed by atoms with Gasteiger partial charge in [0.15, 0.2) is 0 Å². The summed E-state index contributed by atoms with van der Waals surface area (Å²) in [5.41, 5.74) is 1.72. The van der Waals surface area contributed by atoms with Gasteiger partial charge in [-0.25, -0.2) is 9.78 Å². The third-order valence-electron chi connectivity index (χ3n) is 5.29. The number of nitrogens with zero attached hydrogens (tertiary/aromatic N) is 2. The van der Waals surface area contributed by atoms with Gasteiger partial charge in [0.1, 0.15) is 5.15 Å². The van der Waals surface area contributed by atoms with Crippen molar-refractivity contribution in [3.8, 4) is 0 Å². The van der Waals surface area contributed by atoms with Crippen molar-refractivity contribution in [1.29, 1.82) is 0 Å². The Morgan fingerprint density at radius 2 is 2.07 bits per heavy atom. The summed E-state index contributed by atoms with van der Waals surface area (Å²) < 4.78 is 4.94. The van der Waals surface area contributed by atoms with Crippen LogP contribution in [0.2, 0.25) is 5.15 Å². The van der Waals surface area contributed by atoms with Crippen molar-refractivity contribution in [2.75, 3.05) is 18.6 Å². The number of rotatable bonds is 5. The lowest BCUT2D eigenvalue weighted by atomic mass is 9.87. The van der Waals surface area contributed by atoms with E-state index in [0.717, 1.165) is 22.0 Å². The van der Waals surface area contributed by atoms with Crippen LogP contribution in [0.25, 0.3) is 10.8 Å².